The van der Waals surface area contributed by atoms with Crippen molar-refractivity contribution >= 4 is 0 Å². The van der Waals surface area contributed by atoms with Gasteiger partial charge in [0.25, 0.3) is 0 Å². The van der Waals surface area contributed by atoms with E-state index >= 15 is 0 Å². The van der Waals surface area contributed by atoms with E-state index in [9.17, 15) is 0 Å². The van der Waals surface area contributed by atoms with Crippen molar-refractivity contribution < 1.29 is 0 Å². The first-order valence-corrected chi connectivity index (χ1v) is 8.85. The minimum atomic E-state index is 0.625. The van der Waals surface area contributed by atoms with Gasteiger partial charge in [0.05, 0.1) is 0 Å². The van der Waals surface area contributed by atoms with Crippen LogP contribution in [0.1, 0.15) is 49.6 Å². The standard InChI is InChI=1S/C20H25N3/c1-14(2)12-23-8-7-17-9-16(5-6-18(17)13-23)19-10-21-20(22-11-19)15-3-4-15/h5-6,9-11,14-15H,3-4,7-8,12-13H2,1-2H3. The SMILES string of the molecule is CC(C)CN1CCc2cc(-c3cnc(C4CC4)nc3)ccc2C1. The van der Waals surface area contributed by atoms with E-state index in [1.165, 1.54) is 42.6 Å². The highest BCUT2D eigenvalue weighted by atomic mass is 15.1. The molecule has 0 amide bonds. The van der Waals surface area contributed by atoms with Crippen LogP contribution in [0, 0.1) is 5.92 Å². The molecule has 3 nitrogen and oxygen atoms in total. The fourth-order valence-corrected chi connectivity index (χ4v) is 3.50. The van der Waals surface area contributed by atoms with Crippen molar-refractivity contribution in [3.8, 4) is 11.1 Å². The lowest BCUT2D eigenvalue weighted by molar-refractivity contribution is 0.226. The molecule has 120 valence electrons. The molecule has 1 saturated carbocycles. The summed E-state index contributed by atoms with van der Waals surface area (Å²) in [7, 11) is 0. The lowest BCUT2D eigenvalue weighted by Gasteiger charge is -2.30. The molecule has 3 heteroatoms. The minimum absolute atomic E-state index is 0.625. The number of hydrogen-bond donors (Lipinski definition) is 0. The van der Waals surface area contributed by atoms with Crippen molar-refractivity contribution in [1.82, 2.24) is 14.9 Å². The van der Waals surface area contributed by atoms with Crippen LogP contribution in [0.5, 0.6) is 0 Å². The third-order valence-corrected chi connectivity index (χ3v) is 4.87. The lowest BCUT2D eigenvalue weighted by atomic mass is 9.95. The highest BCUT2D eigenvalue weighted by Gasteiger charge is 2.26. The molecule has 0 unspecified atom stereocenters. The zero-order valence-corrected chi connectivity index (χ0v) is 14.1. The number of rotatable bonds is 4. The number of aromatic nitrogens is 2. The third kappa shape index (κ3) is 3.30. The average Bonchev–Trinajstić information content (AvgIpc) is 3.39. The summed E-state index contributed by atoms with van der Waals surface area (Å²) in [5.41, 5.74) is 5.37. The second-order valence-corrected chi connectivity index (χ2v) is 7.47. The van der Waals surface area contributed by atoms with E-state index in [4.69, 9.17) is 0 Å². The van der Waals surface area contributed by atoms with Crippen molar-refractivity contribution in [3.63, 3.8) is 0 Å². The molecule has 2 aliphatic rings. The molecule has 1 fully saturated rings. The van der Waals surface area contributed by atoms with Gasteiger partial charge in [0.1, 0.15) is 5.82 Å². The molecule has 1 aliphatic heterocycles. The van der Waals surface area contributed by atoms with Crippen molar-refractivity contribution in [2.75, 3.05) is 13.1 Å². The van der Waals surface area contributed by atoms with Crippen LogP contribution in [0.2, 0.25) is 0 Å². The Labute approximate surface area is 138 Å². The molecule has 0 N–H and O–H groups in total. The molecule has 1 aliphatic carbocycles. The monoisotopic (exact) mass is 307 g/mol. The molecule has 1 aromatic carbocycles. The predicted octanol–water partition coefficient (Wildman–Crippen LogP) is 4.04. The van der Waals surface area contributed by atoms with Gasteiger partial charge in [-0.05, 0) is 41.9 Å². The zero-order valence-electron chi connectivity index (χ0n) is 14.1. The molecule has 4 rings (SSSR count). The van der Waals surface area contributed by atoms with Crippen LogP contribution >= 0.6 is 0 Å². The molecule has 23 heavy (non-hydrogen) atoms. The van der Waals surface area contributed by atoms with Gasteiger partial charge >= 0.3 is 0 Å². The fourth-order valence-electron chi connectivity index (χ4n) is 3.50. The van der Waals surface area contributed by atoms with E-state index in [2.05, 4.69) is 46.9 Å². The Morgan fingerprint density at radius 3 is 2.57 bits per heavy atom. The summed E-state index contributed by atoms with van der Waals surface area (Å²) in [6, 6.07) is 6.87. The van der Waals surface area contributed by atoms with Crippen molar-refractivity contribution in [3.05, 3.63) is 47.5 Å². The van der Waals surface area contributed by atoms with Crippen molar-refractivity contribution in [2.24, 2.45) is 5.92 Å². The predicted molar refractivity (Wildman–Crippen MR) is 93.3 cm³/mol. The van der Waals surface area contributed by atoms with Gasteiger partial charge in [0.2, 0.25) is 0 Å². The van der Waals surface area contributed by atoms with Gasteiger partial charge in [-0.25, -0.2) is 9.97 Å². The van der Waals surface area contributed by atoms with Gasteiger partial charge in [-0.3, -0.25) is 4.90 Å². The maximum atomic E-state index is 4.55. The Hall–Kier alpha value is -1.74. The number of hydrogen-bond acceptors (Lipinski definition) is 3. The Morgan fingerprint density at radius 2 is 1.87 bits per heavy atom. The second kappa shape index (κ2) is 6.04. The number of nitrogens with zero attached hydrogens (tertiary/aromatic N) is 3. The average molecular weight is 307 g/mol. The van der Waals surface area contributed by atoms with Crippen molar-refractivity contribution in [2.45, 2.75) is 45.6 Å². The van der Waals surface area contributed by atoms with Gasteiger partial charge in [-0.2, -0.15) is 0 Å². The van der Waals surface area contributed by atoms with Gasteiger partial charge in [0, 0.05) is 43.5 Å². The molecule has 0 saturated heterocycles. The van der Waals surface area contributed by atoms with Crippen LogP contribution in [-0.2, 0) is 13.0 Å². The first kappa shape index (κ1) is 14.8. The maximum Gasteiger partial charge on any atom is 0.131 e. The molecule has 0 atom stereocenters. The third-order valence-electron chi connectivity index (χ3n) is 4.87. The summed E-state index contributed by atoms with van der Waals surface area (Å²) in [4.78, 5) is 11.7. The van der Waals surface area contributed by atoms with Crippen LogP contribution in [0.4, 0.5) is 0 Å². The summed E-state index contributed by atoms with van der Waals surface area (Å²) in [6.07, 6.45) is 7.65. The number of benzene rings is 1. The topological polar surface area (TPSA) is 29.0 Å². The van der Waals surface area contributed by atoms with E-state index < -0.39 is 0 Å². The first-order chi connectivity index (χ1) is 11.2. The first-order valence-electron chi connectivity index (χ1n) is 8.85. The van der Waals surface area contributed by atoms with Gasteiger partial charge < -0.3 is 0 Å². The van der Waals surface area contributed by atoms with E-state index in [-0.39, 0.29) is 0 Å². The molecular weight excluding hydrogens is 282 g/mol. The molecule has 0 radical (unpaired) electrons. The molecule has 0 spiro atoms. The Bertz CT molecular complexity index is 687. The highest BCUT2D eigenvalue weighted by molar-refractivity contribution is 5.63. The second-order valence-electron chi connectivity index (χ2n) is 7.47. The van der Waals surface area contributed by atoms with E-state index in [1.807, 2.05) is 12.4 Å². The Kier molecular flexibility index (Phi) is 3.90. The largest absolute Gasteiger partial charge is 0.298 e. The van der Waals surface area contributed by atoms with Crippen LogP contribution in [-0.4, -0.2) is 28.0 Å². The summed E-state index contributed by atoms with van der Waals surface area (Å²) in [5.74, 6) is 2.38. The van der Waals surface area contributed by atoms with E-state index in [0.717, 1.165) is 30.3 Å². The molecule has 1 aromatic heterocycles. The summed E-state index contributed by atoms with van der Waals surface area (Å²) >= 11 is 0. The fraction of sp³-hybridized carbons (Fsp3) is 0.500. The molecule has 0 bridgehead atoms. The van der Waals surface area contributed by atoms with Crippen LogP contribution in [0.25, 0.3) is 11.1 Å². The minimum Gasteiger partial charge on any atom is -0.298 e. The summed E-state index contributed by atoms with van der Waals surface area (Å²) in [6.45, 7) is 8.04. The normalized spacial score (nSPS) is 18.2. The highest BCUT2D eigenvalue weighted by Crippen LogP contribution is 2.38. The lowest BCUT2D eigenvalue weighted by Crippen LogP contribution is -2.33. The summed E-state index contributed by atoms with van der Waals surface area (Å²) < 4.78 is 0. The van der Waals surface area contributed by atoms with E-state index in [0.29, 0.717) is 5.92 Å². The van der Waals surface area contributed by atoms with Crippen LogP contribution in [0.15, 0.2) is 30.6 Å². The van der Waals surface area contributed by atoms with Crippen LogP contribution in [0.3, 0.4) is 0 Å². The molecular formula is C20H25N3. The maximum absolute atomic E-state index is 4.55. The zero-order chi connectivity index (χ0) is 15.8. The smallest absolute Gasteiger partial charge is 0.131 e. The molecule has 2 aromatic rings. The van der Waals surface area contributed by atoms with Gasteiger partial charge in [-0.15, -0.1) is 0 Å². The van der Waals surface area contributed by atoms with Crippen molar-refractivity contribution in [1.29, 1.82) is 0 Å². The Morgan fingerprint density at radius 1 is 1.09 bits per heavy atom. The number of fused-ring (bicyclic) bond motifs is 1. The van der Waals surface area contributed by atoms with E-state index in [1.54, 1.807) is 0 Å². The van der Waals surface area contributed by atoms with Gasteiger partial charge in [0.15, 0.2) is 0 Å². The molecule has 2 heterocycles. The quantitative estimate of drug-likeness (QED) is 0.854. The summed E-state index contributed by atoms with van der Waals surface area (Å²) in [5, 5.41) is 0. The Balaban J connectivity index is 1.53. The van der Waals surface area contributed by atoms with Crippen LogP contribution < -0.4 is 0 Å². The van der Waals surface area contributed by atoms with Gasteiger partial charge in [-0.1, -0.05) is 32.0 Å².